The normalized spacial score (nSPS) is 10.9. The molecule has 3 aromatic carbocycles. The molecule has 0 aliphatic rings. The minimum Gasteiger partial charge on any atom is -0.465 e. The number of rotatable bonds is 8. The average molecular weight is 545 g/mol. The van der Waals surface area contributed by atoms with Crippen molar-refractivity contribution in [3.8, 4) is 0 Å². The zero-order valence-corrected chi connectivity index (χ0v) is 22.1. The van der Waals surface area contributed by atoms with Gasteiger partial charge in [-0.15, -0.1) is 0 Å². The molecule has 0 fully saturated rings. The van der Waals surface area contributed by atoms with E-state index in [0.717, 1.165) is 9.87 Å². The maximum Gasteiger partial charge on any atom is 0.339 e. The molecule has 0 radical (unpaired) electrons. The molecule has 0 spiro atoms. The molecule has 37 heavy (non-hydrogen) atoms. The largest absolute Gasteiger partial charge is 0.465 e. The van der Waals surface area contributed by atoms with Gasteiger partial charge in [0.15, 0.2) is 0 Å². The molecule has 0 aliphatic heterocycles. The van der Waals surface area contributed by atoms with Crippen LogP contribution in [0.4, 0.5) is 11.4 Å². The van der Waals surface area contributed by atoms with Gasteiger partial charge >= 0.3 is 11.9 Å². The Labute approximate surface area is 220 Å². The first kappa shape index (κ1) is 27.7. The number of nitrogens with one attached hydrogen (secondary N) is 1. The minimum absolute atomic E-state index is 0.0202. The molecule has 0 atom stereocenters. The molecule has 3 aromatic rings. The summed E-state index contributed by atoms with van der Waals surface area (Å²) in [6, 6.07) is 14.8. The Balaban J connectivity index is 2.05. The Morgan fingerprint density at radius 2 is 1.54 bits per heavy atom. The predicted octanol–water partition coefficient (Wildman–Crippen LogP) is 4.36. The van der Waals surface area contributed by atoms with Gasteiger partial charge in [-0.1, -0.05) is 35.4 Å². The van der Waals surface area contributed by atoms with Crippen molar-refractivity contribution in [1.82, 2.24) is 0 Å². The van der Waals surface area contributed by atoms with Crippen LogP contribution in [-0.2, 0) is 24.3 Å². The monoisotopic (exact) mass is 544 g/mol. The van der Waals surface area contributed by atoms with Gasteiger partial charge in [0.1, 0.15) is 6.54 Å². The van der Waals surface area contributed by atoms with E-state index in [0.29, 0.717) is 5.56 Å². The van der Waals surface area contributed by atoms with Crippen LogP contribution in [0.3, 0.4) is 0 Å². The molecule has 1 N–H and O–H groups in total. The van der Waals surface area contributed by atoms with Gasteiger partial charge < -0.3 is 14.8 Å². The second kappa shape index (κ2) is 11.4. The summed E-state index contributed by atoms with van der Waals surface area (Å²) in [6.07, 6.45) is 0. The first-order valence-corrected chi connectivity index (χ1v) is 12.8. The number of carbonyl (C=O) groups is 3. The summed E-state index contributed by atoms with van der Waals surface area (Å²) in [5, 5.41) is 2.81. The third-order valence-electron chi connectivity index (χ3n) is 5.46. The highest BCUT2D eigenvalue weighted by atomic mass is 35.5. The van der Waals surface area contributed by atoms with Crippen molar-refractivity contribution in [2.75, 3.05) is 30.4 Å². The summed E-state index contributed by atoms with van der Waals surface area (Å²) in [7, 11) is -1.85. The summed E-state index contributed by atoms with van der Waals surface area (Å²) >= 11 is 6.16. The van der Waals surface area contributed by atoms with Crippen LogP contribution in [0, 0.1) is 13.8 Å². The van der Waals surface area contributed by atoms with Crippen molar-refractivity contribution in [2.24, 2.45) is 0 Å². The molecule has 0 saturated heterocycles. The van der Waals surface area contributed by atoms with E-state index in [1.807, 2.05) is 6.92 Å². The number of anilines is 2. The van der Waals surface area contributed by atoms with E-state index in [-0.39, 0.29) is 32.4 Å². The SMILES string of the molecule is COC(=O)c1ccc(C(=O)OC)c(NC(=O)CN(c2cc(Cl)ccc2C)S(=O)(=O)c2ccc(C)cc2)c1. The van der Waals surface area contributed by atoms with Gasteiger partial charge in [0.2, 0.25) is 5.91 Å². The van der Waals surface area contributed by atoms with Crippen molar-refractivity contribution < 1.29 is 32.3 Å². The van der Waals surface area contributed by atoms with E-state index in [9.17, 15) is 22.8 Å². The molecule has 3 rings (SSSR count). The number of amides is 1. The van der Waals surface area contributed by atoms with Crippen LogP contribution in [0.1, 0.15) is 31.8 Å². The van der Waals surface area contributed by atoms with Crippen molar-refractivity contribution in [3.05, 3.63) is 87.9 Å². The van der Waals surface area contributed by atoms with Crippen LogP contribution in [0.25, 0.3) is 0 Å². The Morgan fingerprint density at radius 3 is 2.16 bits per heavy atom. The number of sulfonamides is 1. The van der Waals surface area contributed by atoms with E-state index >= 15 is 0 Å². The topological polar surface area (TPSA) is 119 Å². The number of aryl methyl sites for hydroxylation is 2. The lowest BCUT2D eigenvalue weighted by atomic mass is 10.1. The number of ether oxygens (including phenoxy) is 2. The Kier molecular flexibility index (Phi) is 8.57. The molecule has 9 nitrogen and oxygen atoms in total. The summed E-state index contributed by atoms with van der Waals surface area (Å²) in [6.45, 7) is 2.86. The third kappa shape index (κ3) is 6.28. The van der Waals surface area contributed by atoms with Gasteiger partial charge in [-0.3, -0.25) is 9.10 Å². The number of hydrogen-bond acceptors (Lipinski definition) is 7. The van der Waals surface area contributed by atoms with Gasteiger partial charge in [0.25, 0.3) is 10.0 Å². The molecule has 11 heteroatoms. The van der Waals surface area contributed by atoms with E-state index < -0.39 is 34.4 Å². The molecule has 0 aliphatic carbocycles. The van der Waals surface area contributed by atoms with Gasteiger partial charge in [-0.05, 0) is 61.9 Å². The molecular weight excluding hydrogens is 520 g/mol. The second-order valence-corrected chi connectivity index (χ2v) is 10.3. The first-order chi connectivity index (χ1) is 17.5. The number of nitrogens with zero attached hydrogens (tertiary/aromatic N) is 1. The fraction of sp³-hybridized carbons (Fsp3) is 0.192. The summed E-state index contributed by atoms with van der Waals surface area (Å²) in [5.74, 6) is -2.23. The van der Waals surface area contributed by atoms with Crippen LogP contribution in [0.2, 0.25) is 5.02 Å². The maximum absolute atomic E-state index is 13.7. The lowest BCUT2D eigenvalue weighted by Crippen LogP contribution is -2.38. The summed E-state index contributed by atoms with van der Waals surface area (Å²) < 4.78 is 37.7. The number of esters is 2. The van der Waals surface area contributed by atoms with Gasteiger partial charge in [-0.2, -0.15) is 0 Å². The van der Waals surface area contributed by atoms with Gasteiger partial charge in [0.05, 0.1) is 41.6 Å². The highest BCUT2D eigenvalue weighted by Gasteiger charge is 2.29. The Morgan fingerprint density at radius 1 is 0.892 bits per heavy atom. The lowest BCUT2D eigenvalue weighted by Gasteiger charge is -2.26. The summed E-state index contributed by atoms with van der Waals surface area (Å²) in [5.41, 5.74) is 1.63. The molecule has 194 valence electrons. The van der Waals surface area contributed by atoms with E-state index in [1.54, 1.807) is 31.2 Å². The first-order valence-electron chi connectivity index (χ1n) is 10.9. The zero-order chi connectivity index (χ0) is 27.3. The number of benzene rings is 3. The van der Waals surface area contributed by atoms with Crippen LogP contribution in [0.15, 0.2) is 65.6 Å². The fourth-order valence-corrected chi connectivity index (χ4v) is 5.13. The van der Waals surface area contributed by atoms with Crippen LogP contribution >= 0.6 is 11.6 Å². The van der Waals surface area contributed by atoms with Gasteiger partial charge in [0, 0.05) is 5.02 Å². The van der Waals surface area contributed by atoms with E-state index in [4.69, 9.17) is 21.1 Å². The zero-order valence-electron chi connectivity index (χ0n) is 20.6. The minimum atomic E-state index is -4.21. The molecule has 0 heterocycles. The molecule has 1 amide bonds. The molecule has 0 unspecified atom stereocenters. The number of carbonyl (C=O) groups excluding carboxylic acids is 3. The highest BCUT2D eigenvalue weighted by Crippen LogP contribution is 2.30. The standard InChI is InChI=1S/C26H25ClN2O7S/c1-16-5-10-20(11-6-16)37(33,34)29(23-14-19(27)9-7-17(23)2)15-24(30)28-22-13-18(25(31)35-3)8-12-21(22)26(32)36-4/h5-14H,15H2,1-4H3,(H,28,30). The number of methoxy groups -OCH3 is 2. The van der Waals surface area contributed by atoms with Crippen molar-refractivity contribution in [1.29, 1.82) is 0 Å². The second-order valence-electron chi connectivity index (χ2n) is 8.05. The van der Waals surface area contributed by atoms with E-state index in [1.165, 1.54) is 50.6 Å². The molecular formula is C26H25ClN2O7S. The van der Waals surface area contributed by atoms with Crippen molar-refractivity contribution in [2.45, 2.75) is 18.7 Å². The highest BCUT2D eigenvalue weighted by molar-refractivity contribution is 7.92. The van der Waals surface area contributed by atoms with Crippen LogP contribution < -0.4 is 9.62 Å². The number of hydrogen-bond donors (Lipinski definition) is 1. The van der Waals surface area contributed by atoms with Crippen LogP contribution in [0.5, 0.6) is 0 Å². The lowest BCUT2D eigenvalue weighted by molar-refractivity contribution is -0.114. The van der Waals surface area contributed by atoms with E-state index in [2.05, 4.69) is 5.32 Å². The molecule has 0 aromatic heterocycles. The van der Waals surface area contributed by atoms with Crippen molar-refractivity contribution in [3.63, 3.8) is 0 Å². The van der Waals surface area contributed by atoms with Crippen LogP contribution in [-0.4, -0.2) is 47.0 Å². The maximum atomic E-state index is 13.7. The quantitative estimate of drug-likeness (QED) is 0.418. The summed E-state index contributed by atoms with van der Waals surface area (Å²) in [4.78, 5) is 37.4. The molecule has 0 saturated carbocycles. The smallest absolute Gasteiger partial charge is 0.339 e. The van der Waals surface area contributed by atoms with Crippen molar-refractivity contribution >= 4 is 50.8 Å². The number of halogens is 1. The Bertz CT molecular complexity index is 1450. The molecule has 0 bridgehead atoms. The predicted molar refractivity (Wildman–Crippen MR) is 140 cm³/mol. The average Bonchev–Trinajstić information content (AvgIpc) is 2.88. The van der Waals surface area contributed by atoms with Gasteiger partial charge in [-0.25, -0.2) is 18.0 Å². The third-order valence-corrected chi connectivity index (χ3v) is 7.47. The Hall–Kier alpha value is -3.89. The fourth-order valence-electron chi connectivity index (χ4n) is 3.49.